The first-order chi connectivity index (χ1) is 10.5. The molecule has 0 aliphatic rings. The lowest BCUT2D eigenvalue weighted by molar-refractivity contribution is -0.146. The Hall–Kier alpha value is -2.57. The zero-order chi connectivity index (χ0) is 16.5. The van der Waals surface area contributed by atoms with E-state index in [1.165, 1.54) is 23.0 Å². The molecule has 7 nitrogen and oxygen atoms in total. The summed E-state index contributed by atoms with van der Waals surface area (Å²) >= 11 is 0. The summed E-state index contributed by atoms with van der Waals surface area (Å²) in [5.74, 6) is -1.55. The molecular formula is C15H19NO6. The van der Waals surface area contributed by atoms with E-state index in [4.69, 9.17) is 14.2 Å². The van der Waals surface area contributed by atoms with Crippen LogP contribution in [0.2, 0.25) is 0 Å². The summed E-state index contributed by atoms with van der Waals surface area (Å²) in [5.41, 5.74) is 0.245. The summed E-state index contributed by atoms with van der Waals surface area (Å²) in [4.78, 5) is 35.2. The van der Waals surface area contributed by atoms with Crippen LogP contribution in [-0.4, -0.2) is 42.4 Å². The Morgan fingerprint density at radius 2 is 1.55 bits per heavy atom. The maximum atomic E-state index is 11.8. The summed E-state index contributed by atoms with van der Waals surface area (Å²) in [6.07, 6.45) is 3.68. The predicted octanol–water partition coefficient (Wildman–Crippen LogP) is 2.00. The molecule has 0 fully saturated rings. The van der Waals surface area contributed by atoms with Crippen molar-refractivity contribution in [2.75, 3.05) is 19.8 Å². The van der Waals surface area contributed by atoms with Crippen LogP contribution in [0.5, 0.6) is 0 Å². The second kappa shape index (κ2) is 8.66. The van der Waals surface area contributed by atoms with Gasteiger partial charge in [0, 0.05) is 12.4 Å². The highest BCUT2D eigenvalue weighted by atomic mass is 16.6. The summed E-state index contributed by atoms with van der Waals surface area (Å²) < 4.78 is 15.7. The van der Waals surface area contributed by atoms with E-state index in [2.05, 4.69) is 0 Å². The van der Waals surface area contributed by atoms with Crippen molar-refractivity contribution in [1.29, 1.82) is 0 Å². The Labute approximate surface area is 128 Å². The van der Waals surface area contributed by atoms with Crippen LogP contribution in [-0.2, 0) is 23.8 Å². The zero-order valence-electron chi connectivity index (χ0n) is 12.8. The summed E-state index contributed by atoms with van der Waals surface area (Å²) in [7, 11) is 0. The Morgan fingerprint density at radius 3 is 2.05 bits per heavy atom. The highest BCUT2D eigenvalue weighted by molar-refractivity contribution is 6.17. The van der Waals surface area contributed by atoms with Crippen LogP contribution in [0.1, 0.15) is 26.3 Å². The first-order valence-electron chi connectivity index (χ1n) is 6.94. The standard InChI is InChI=1S/C15H19NO6/c1-4-20-13(17)12(14(18)21-5-2)9-11-7-8-16(10-11)15(19)22-6-3/h7-10H,4-6H2,1-3H3. The summed E-state index contributed by atoms with van der Waals surface area (Å²) in [6, 6.07) is 1.56. The minimum absolute atomic E-state index is 0.138. The van der Waals surface area contributed by atoms with E-state index >= 15 is 0 Å². The molecule has 1 aromatic heterocycles. The highest BCUT2D eigenvalue weighted by Gasteiger charge is 2.21. The number of esters is 2. The number of carbonyl (C=O) groups is 3. The fourth-order valence-corrected chi connectivity index (χ4v) is 1.60. The third-order valence-corrected chi connectivity index (χ3v) is 2.50. The molecule has 0 aliphatic heterocycles. The third kappa shape index (κ3) is 4.76. The molecule has 0 radical (unpaired) electrons. The molecule has 0 saturated heterocycles. The molecule has 0 saturated carbocycles. The van der Waals surface area contributed by atoms with Crippen molar-refractivity contribution in [1.82, 2.24) is 4.57 Å². The van der Waals surface area contributed by atoms with E-state index in [1.54, 1.807) is 26.8 Å². The molecule has 1 aromatic rings. The number of aromatic nitrogens is 1. The van der Waals surface area contributed by atoms with Gasteiger partial charge in [-0.05, 0) is 38.5 Å². The van der Waals surface area contributed by atoms with Gasteiger partial charge >= 0.3 is 18.0 Å². The summed E-state index contributed by atoms with van der Waals surface area (Å²) in [5, 5.41) is 0. The minimum atomic E-state index is -0.773. The SMILES string of the molecule is CCOC(=O)C(=Cc1ccn(C(=O)OCC)c1)C(=O)OCC. The van der Waals surface area contributed by atoms with Crippen LogP contribution in [0.25, 0.3) is 6.08 Å². The number of hydrogen-bond acceptors (Lipinski definition) is 6. The van der Waals surface area contributed by atoms with Crippen LogP contribution in [0.3, 0.4) is 0 Å². The minimum Gasteiger partial charge on any atom is -0.462 e. The van der Waals surface area contributed by atoms with Crippen LogP contribution in [0, 0.1) is 0 Å². The van der Waals surface area contributed by atoms with Gasteiger partial charge in [-0.3, -0.25) is 4.57 Å². The van der Waals surface area contributed by atoms with E-state index in [1.807, 2.05) is 0 Å². The van der Waals surface area contributed by atoms with Crippen molar-refractivity contribution in [3.05, 3.63) is 29.6 Å². The topological polar surface area (TPSA) is 83.8 Å². The van der Waals surface area contributed by atoms with Gasteiger partial charge in [0.15, 0.2) is 0 Å². The fourth-order valence-electron chi connectivity index (χ4n) is 1.60. The van der Waals surface area contributed by atoms with Crippen LogP contribution >= 0.6 is 0 Å². The monoisotopic (exact) mass is 309 g/mol. The number of rotatable bonds is 6. The van der Waals surface area contributed by atoms with Gasteiger partial charge in [-0.2, -0.15) is 0 Å². The zero-order valence-corrected chi connectivity index (χ0v) is 12.8. The Balaban J connectivity index is 3.03. The van der Waals surface area contributed by atoms with Gasteiger partial charge in [0.1, 0.15) is 5.57 Å². The van der Waals surface area contributed by atoms with E-state index in [0.717, 1.165) is 0 Å². The molecular weight excluding hydrogens is 290 g/mol. The van der Waals surface area contributed by atoms with Crippen molar-refractivity contribution in [2.45, 2.75) is 20.8 Å². The van der Waals surface area contributed by atoms with Crippen LogP contribution in [0.4, 0.5) is 4.79 Å². The Kier molecular flexibility index (Phi) is 6.88. The molecule has 1 rings (SSSR count). The van der Waals surface area contributed by atoms with Crippen LogP contribution < -0.4 is 0 Å². The van der Waals surface area contributed by atoms with Crippen molar-refractivity contribution in [2.24, 2.45) is 0 Å². The summed E-state index contributed by atoms with van der Waals surface area (Å²) in [6.45, 7) is 5.50. The first-order valence-corrected chi connectivity index (χ1v) is 6.94. The number of hydrogen-bond donors (Lipinski definition) is 0. The van der Waals surface area contributed by atoms with E-state index in [-0.39, 0.29) is 25.4 Å². The number of ether oxygens (including phenoxy) is 3. The molecule has 0 amide bonds. The van der Waals surface area contributed by atoms with Gasteiger partial charge in [-0.25, -0.2) is 14.4 Å². The van der Waals surface area contributed by atoms with E-state index in [0.29, 0.717) is 5.56 Å². The number of carbonyl (C=O) groups excluding carboxylic acids is 3. The molecule has 22 heavy (non-hydrogen) atoms. The molecule has 0 aliphatic carbocycles. The van der Waals surface area contributed by atoms with Crippen molar-refractivity contribution in [3.8, 4) is 0 Å². The quantitative estimate of drug-likeness (QED) is 0.263. The fraction of sp³-hybridized carbons (Fsp3) is 0.400. The second-order valence-corrected chi connectivity index (χ2v) is 4.05. The first kappa shape index (κ1) is 17.5. The lowest BCUT2D eigenvalue weighted by atomic mass is 10.2. The molecule has 1 heterocycles. The smallest absolute Gasteiger partial charge is 0.417 e. The lowest BCUT2D eigenvalue weighted by Crippen LogP contribution is -2.18. The average molecular weight is 309 g/mol. The third-order valence-electron chi connectivity index (χ3n) is 2.50. The van der Waals surface area contributed by atoms with E-state index in [9.17, 15) is 14.4 Å². The average Bonchev–Trinajstić information content (AvgIpc) is 2.94. The van der Waals surface area contributed by atoms with E-state index < -0.39 is 18.0 Å². The van der Waals surface area contributed by atoms with Gasteiger partial charge in [-0.15, -0.1) is 0 Å². The predicted molar refractivity (Wildman–Crippen MR) is 78.1 cm³/mol. The van der Waals surface area contributed by atoms with Gasteiger partial charge in [-0.1, -0.05) is 0 Å². The largest absolute Gasteiger partial charge is 0.462 e. The molecule has 120 valence electrons. The van der Waals surface area contributed by atoms with Crippen molar-refractivity contribution in [3.63, 3.8) is 0 Å². The molecule has 0 N–H and O–H groups in total. The van der Waals surface area contributed by atoms with Crippen LogP contribution in [0.15, 0.2) is 24.0 Å². The normalized spacial score (nSPS) is 9.77. The molecule has 0 unspecified atom stereocenters. The molecule has 7 heteroatoms. The van der Waals surface area contributed by atoms with Gasteiger partial charge < -0.3 is 14.2 Å². The van der Waals surface area contributed by atoms with Gasteiger partial charge in [0.25, 0.3) is 0 Å². The molecule has 0 atom stereocenters. The second-order valence-electron chi connectivity index (χ2n) is 4.05. The maximum absolute atomic E-state index is 11.8. The maximum Gasteiger partial charge on any atom is 0.417 e. The molecule has 0 aromatic carbocycles. The Bertz CT molecular complexity index is 552. The number of nitrogens with zero attached hydrogens (tertiary/aromatic N) is 1. The van der Waals surface area contributed by atoms with Gasteiger partial charge in [0.2, 0.25) is 0 Å². The lowest BCUT2D eigenvalue weighted by Gasteiger charge is -2.06. The van der Waals surface area contributed by atoms with Crippen molar-refractivity contribution >= 4 is 24.1 Å². The van der Waals surface area contributed by atoms with Gasteiger partial charge in [0.05, 0.1) is 19.8 Å². The van der Waals surface area contributed by atoms with Crippen molar-refractivity contribution < 1.29 is 28.6 Å². The highest BCUT2D eigenvalue weighted by Crippen LogP contribution is 2.11. The molecule has 0 bridgehead atoms. The molecule has 0 spiro atoms. The Morgan fingerprint density at radius 1 is 1.00 bits per heavy atom.